The van der Waals surface area contributed by atoms with E-state index in [0.717, 1.165) is 29.0 Å². The van der Waals surface area contributed by atoms with Crippen LogP contribution in [0.3, 0.4) is 0 Å². The summed E-state index contributed by atoms with van der Waals surface area (Å²) in [5, 5.41) is 7.72. The summed E-state index contributed by atoms with van der Waals surface area (Å²) in [5.41, 5.74) is 9.70. The first-order chi connectivity index (χ1) is 26.7. The van der Waals surface area contributed by atoms with E-state index in [1.54, 1.807) is 12.4 Å². The van der Waals surface area contributed by atoms with Gasteiger partial charge in [-0.15, -0.1) is 0 Å². The number of rotatable bonds is 4. The highest BCUT2D eigenvalue weighted by Crippen LogP contribution is 2.62. The molecule has 3 saturated carbocycles. The van der Waals surface area contributed by atoms with E-state index in [4.69, 9.17) is 4.98 Å². The molecule has 3 aliphatic carbocycles. The van der Waals surface area contributed by atoms with Crippen molar-refractivity contribution in [1.29, 1.82) is 0 Å². The van der Waals surface area contributed by atoms with Crippen molar-refractivity contribution in [2.75, 3.05) is 0 Å². The summed E-state index contributed by atoms with van der Waals surface area (Å²) in [4.78, 5) is 18.0. The lowest BCUT2D eigenvalue weighted by molar-refractivity contribution is -0.0117. The maximum atomic E-state index is 4.78. The average molecular weight is 698 g/mol. The molecule has 0 radical (unpaired) electrons. The monoisotopic (exact) mass is 697 g/mol. The maximum Gasteiger partial charge on any atom is 0.198 e. The minimum absolute atomic E-state index is 0.00466. The van der Waals surface area contributed by atoms with Crippen LogP contribution in [0.25, 0.3) is 71.6 Å². The molecule has 6 aromatic carbocycles. The Morgan fingerprint density at radius 2 is 1.22 bits per heavy atom. The molecule has 54 heavy (non-hydrogen) atoms. The largest absolute Gasteiger partial charge is 0.309 e. The molecule has 5 atom stereocenters. The van der Waals surface area contributed by atoms with Gasteiger partial charge in [0, 0.05) is 39.8 Å². The van der Waals surface area contributed by atoms with Crippen molar-refractivity contribution in [3.63, 3.8) is 0 Å². The summed E-state index contributed by atoms with van der Waals surface area (Å²) in [5.74, 6) is 3.20. The minimum Gasteiger partial charge on any atom is -0.309 e. The zero-order valence-corrected chi connectivity index (χ0v) is 30.1. The number of hydrogen-bond acceptors (Lipinski definition) is 4. The lowest BCUT2D eigenvalue weighted by Gasteiger charge is -2.58. The SMILES string of the molecule is c1ccc2c(c1)c1ccccc1n2-c1ccc2cc(C3(c4ccc5cc(-c6cnc7nccnc7n6)ccc5c4)CC4CCC5CC4CC3C5)ccc2c1. The van der Waals surface area contributed by atoms with Gasteiger partial charge in [-0.25, -0.2) is 19.9 Å². The van der Waals surface area contributed by atoms with E-state index < -0.39 is 0 Å². The van der Waals surface area contributed by atoms with E-state index in [2.05, 4.69) is 141 Å². The van der Waals surface area contributed by atoms with Gasteiger partial charge in [0.1, 0.15) is 0 Å². The van der Waals surface area contributed by atoms with Crippen molar-refractivity contribution < 1.29 is 0 Å². The van der Waals surface area contributed by atoms with Crippen LogP contribution in [0.2, 0.25) is 0 Å². The summed E-state index contributed by atoms with van der Waals surface area (Å²) in [6.07, 6.45) is 13.3. The van der Waals surface area contributed by atoms with Gasteiger partial charge in [-0.1, -0.05) is 97.4 Å². The highest BCUT2D eigenvalue weighted by Gasteiger charge is 2.54. The number of nitrogens with zero attached hydrogens (tertiary/aromatic N) is 5. The van der Waals surface area contributed by atoms with Crippen LogP contribution in [0, 0.1) is 23.7 Å². The molecule has 3 heterocycles. The fraction of sp³-hybridized carbons (Fsp3) is 0.224. The fourth-order valence-corrected chi connectivity index (χ4v) is 11.3. The van der Waals surface area contributed by atoms with E-state index in [1.807, 2.05) is 6.20 Å². The van der Waals surface area contributed by atoms with Crippen molar-refractivity contribution in [3.05, 3.63) is 151 Å². The number of para-hydroxylation sites is 2. The Morgan fingerprint density at radius 1 is 0.556 bits per heavy atom. The molecule has 5 heteroatoms. The molecule has 0 amide bonds. The molecule has 0 saturated heterocycles. The first kappa shape index (κ1) is 30.5. The molecular weight excluding hydrogens is 659 g/mol. The Kier molecular flexibility index (Phi) is 6.51. The molecule has 3 fully saturated rings. The smallest absolute Gasteiger partial charge is 0.198 e. The first-order valence-electron chi connectivity index (χ1n) is 19.7. The summed E-state index contributed by atoms with van der Waals surface area (Å²) in [7, 11) is 0. The van der Waals surface area contributed by atoms with Crippen molar-refractivity contribution in [1.82, 2.24) is 24.5 Å². The number of aromatic nitrogens is 5. The van der Waals surface area contributed by atoms with Gasteiger partial charge in [-0.2, -0.15) is 0 Å². The predicted octanol–water partition coefficient (Wildman–Crippen LogP) is 11.6. The third-order valence-electron chi connectivity index (χ3n) is 13.8. The Hall–Kier alpha value is -5.94. The molecule has 3 bridgehead atoms. The van der Waals surface area contributed by atoms with Crippen LogP contribution >= 0.6 is 0 Å². The van der Waals surface area contributed by atoms with Crippen molar-refractivity contribution >= 4 is 54.6 Å². The number of fused-ring (bicyclic) bond motifs is 8. The minimum atomic E-state index is -0.00466. The standard InChI is InChI=1S/C49H39N5/c1-3-7-45-42(5-1)43-6-2-4-8-46(43)54(45)41-18-15-33-25-39(17-14-34(33)27-41)49(28-36-10-9-30-21-37(36)26-40(49)22-30)38-16-13-31-23-35(12-11-32(31)24-38)44-29-52-47-48(53-44)51-20-19-50-47/h1-8,11-20,23-25,27,29-30,36-37,40H,9-10,21-22,26,28H2. The second-order valence-electron chi connectivity index (χ2n) is 16.4. The number of hydrogen-bond donors (Lipinski definition) is 0. The van der Waals surface area contributed by atoms with Gasteiger partial charge < -0.3 is 4.57 Å². The lowest BCUT2D eigenvalue weighted by Crippen LogP contribution is -2.51. The van der Waals surface area contributed by atoms with Crippen molar-refractivity contribution in [3.8, 4) is 16.9 Å². The van der Waals surface area contributed by atoms with Gasteiger partial charge in [0.2, 0.25) is 0 Å². The highest BCUT2D eigenvalue weighted by molar-refractivity contribution is 6.09. The van der Waals surface area contributed by atoms with Gasteiger partial charge in [0.25, 0.3) is 0 Å². The van der Waals surface area contributed by atoms with Gasteiger partial charge in [0.15, 0.2) is 11.3 Å². The van der Waals surface area contributed by atoms with Crippen LogP contribution in [0.1, 0.15) is 49.7 Å². The van der Waals surface area contributed by atoms with Crippen LogP contribution in [0.4, 0.5) is 0 Å². The molecular formula is C49H39N5. The lowest BCUT2D eigenvalue weighted by atomic mass is 9.46. The Balaban J connectivity index is 0.982. The molecule has 3 aliphatic rings. The topological polar surface area (TPSA) is 56.5 Å². The van der Waals surface area contributed by atoms with Gasteiger partial charge >= 0.3 is 0 Å². The van der Waals surface area contributed by atoms with Crippen molar-refractivity contribution in [2.45, 2.75) is 43.9 Å². The van der Waals surface area contributed by atoms with Gasteiger partial charge in [0.05, 0.1) is 22.9 Å². The fourth-order valence-electron chi connectivity index (χ4n) is 11.3. The quantitative estimate of drug-likeness (QED) is 0.184. The van der Waals surface area contributed by atoms with Gasteiger partial charge in [-0.05, 0) is 119 Å². The second kappa shape index (κ2) is 11.5. The molecule has 0 aliphatic heterocycles. The van der Waals surface area contributed by atoms with Crippen LogP contribution in [-0.4, -0.2) is 24.5 Å². The average Bonchev–Trinajstić information content (AvgIpc) is 3.56. The van der Waals surface area contributed by atoms with Crippen LogP contribution < -0.4 is 0 Å². The molecule has 5 nitrogen and oxygen atoms in total. The molecule has 9 aromatic rings. The van der Waals surface area contributed by atoms with E-state index in [0.29, 0.717) is 17.2 Å². The summed E-state index contributed by atoms with van der Waals surface area (Å²) < 4.78 is 2.43. The summed E-state index contributed by atoms with van der Waals surface area (Å²) in [6.45, 7) is 0. The molecule has 0 spiro atoms. The maximum absolute atomic E-state index is 4.78. The third kappa shape index (κ3) is 4.51. The number of benzene rings is 6. The van der Waals surface area contributed by atoms with Crippen molar-refractivity contribution in [2.24, 2.45) is 23.7 Å². The van der Waals surface area contributed by atoms with E-state index in [1.165, 1.54) is 98.7 Å². The predicted molar refractivity (Wildman–Crippen MR) is 219 cm³/mol. The zero-order valence-electron chi connectivity index (χ0n) is 30.1. The van der Waals surface area contributed by atoms with E-state index >= 15 is 0 Å². The Bertz CT molecular complexity index is 2910. The highest BCUT2D eigenvalue weighted by atomic mass is 15.0. The molecule has 260 valence electrons. The Labute approximate surface area is 313 Å². The zero-order chi connectivity index (χ0) is 35.4. The first-order valence-corrected chi connectivity index (χ1v) is 19.7. The molecule has 3 aromatic heterocycles. The molecule has 5 unspecified atom stereocenters. The third-order valence-corrected chi connectivity index (χ3v) is 13.8. The van der Waals surface area contributed by atoms with Crippen LogP contribution in [-0.2, 0) is 5.41 Å². The summed E-state index contributed by atoms with van der Waals surface area (Å²) in [6, 6.07) is 46.2. The molecule has 0 N–H and O–H groups in total. The van der Waals surface area contributed by atoms with Crippen LogP contribution in [0.15, 0.2) is 140 Å². The van der Waals surface area contributed by atoms with Crippen LogP contribution in [0.5, 0.6) is 0 Å². The van der Waals surface area contributed by atoms with Gasteiger partial charge in [-0.3, -0.25) is 0 Å². The van der Waals surface area contributed by atoms with E-state index in [-0.39, 0.29) is 5.41 Å². The summed E-state index contributed by atoms with van der Waals surface area (Å²) >= 11 is 0. The second-order valence-corrected chi connectivity index (χ2v) is 16.4. The molecule has 12 rings (SSSR count). The van der Waals surface area contributed by atoms with E-state index in [9.17, 15) is 0 Å². The normalized spacial score (nSPS) is 23.6. The Morgan fingerprint density at radius 3 is 2.00 bits per heavy atom.